The van der Waals surface area contributed by atoms with Crippen molar-refractivity contribution in [3.63, 3.8) is 0 Å². The van der Waals surface area contributed by atoms with Crippen molar-refractivity contribution in [3.8, 4) is 0 Å². The van der Waals surface area contributed by atoms with Gasteiger partial charge >= 0.3 is 11.9 Å². The van der Waals surface area contributed by atoms with E-state index in [9.17, 15) is 9.59 Å². The van der Waals surface area contributed by atoms with Crippen LogP contribution in [-0.4, -0.2) is 28.9 Å². The molecule has 0 saturated carbocycles. The van der Waals surface area contributed by atoms with Gasteiger partial charge in [0.1, 0.15) is 0 Å². The third-order valence-corrected chi connectivity index (χ3v) is 2.51. The summed E-state index contributed by atoms with van der Waals surface area (Å²) in [5.41, 5.74) is 2.19. The Kier molecular flexibility index (Phi) is 4.69. The average molecular weight is 235 g/mol. The van der Waals surface area contributed by atoms with Gasteiger partial charge in [0.25, 0.3) is 0 Å². The second-order valence-electron chi connectivity index (χ2n) is 4.03. The van der Waals surface area contributed by atoms with Crippen LogP contribution in [0.4, 0.5) is 0 Å². The van der Waals surface area contributed by atoms with Gasteiger partial charge in [0.15, 0.2) is 0 Å². The molecule has 0 spiro atoms. The molecule has 1 aromatic rings. The van der Waals surface area contributed by atoms with Crippen molar-refractivity contribution in [2.24, 2.45) is 0 Å². The SMILES string of the molecule is CCCc1ccc(CN(C)C(=O)C(=O)O)cc1. The molecular formula is C13H17NO3. The number of aliphatic carboxylic acids is 1. The highest BCUT2D eigenvalue weighted by Crippen LogP contribution is 2.08. The maximum atomic E-state index is 11.1. The van der Waals surface area contributed by atoms with Crippen LogP contribution >= 0.6 is 0 Å². The Morgan fingerprint density at radius 1 is 1.18 bits per heavy atom. The molecule has 0 bridgehead atoms. The van der Waals surface area contributed by atoms with Crippen LogP contribution in [0.25, 0.3) is 0 Å². The van der Waals surface area contributed by atoms with E-state index in [0.717, 1.165) is 18.4 Å². The third-order valence-electron chi connectivity index (χ3n) is 2.51. The van der Waals surface area contributed by atoms with E-state index in [1.165, 1.54) is 17.5 Å². The predicted molar refractivity (Wildman–Crippen MR) is 64.5 cm³/mol. The first-order valence-electron chi connectivity index (χ1n) is 5.60. The molecule has 0 aromatic heterocycles. The molecule has 4 heteroatoms. The molecule has 0 radical (unpaired) electrons. The Balaban J connectivity index is 2.63. The van der Waals surface area contributed by atoms with Gasteiger partial charge in [-0.2, -0.15) is 0 Å². The molecule has 17 heavy (non-hydrogen) atoms. The molecule has 0 saturated heterocycles. The highest BCUT2D eigenvalue weighted by Gasteiger charge is 2.16. The van der Waals surface area contributed by atoms with E-state index in [1.54, 1.807) is 0 Å². The fraction of sp³-hybridized carbons (Fsp3) is 0.385. The minimum absolute atomic E-state index is 0.317. The largest absolute Gasteiger partial charge is 0.474 e. The Labute approximate surface area is 101 Å². The van der Waals surface area contributed by atoms with E-state index >= 15 is 0 Å². The van der Waals surface area contributed by atoms with E-state index in [4.69, 9.17) is 5.11 Å². The summed E-state index contributed by atoms with van der Waals surface area (Å²) in [5, 5.41) is 8.55. The Morgan fingerprint density at radius 3 is 2.18 bits per heavy atom. The second-order valence-corrected chi connectivity index (χ2v) is 4.03. The van der Waals surface area contributed by atoms with Crippen molar-refractivity contribution < 1.29 is 14.7 Å². The lowest BCUT2D eigenvalue weighted by molar-refractivity contribution is -0.155. The van der Waals surface area contributed by atoms with Gasteiger partial charge in [-0.3, -0.25) is 4.79 Å². The number of carboxylic acids is 1. The van der Waals surface area contributed by atoms with E-state index < -0.39 is 11.9 Å². The normalized spacial score (nSPS) is 10.0. The molecule has 0 unspecified atom stereocenters. The fourth-order valence-corrected chi connectivity index (χ4v) is 1.61. The molecular weight excluding hydrogens is 218 g/mol. The monoisotopic (exact) mass is 235 g/mol. The van der Waals surface area contributed by atoms with Gasteiger partial charge < -0.3 is 10.0 Å². The third kappa shape index (κ3) is 3.90. The van der Waals surface area contributed by atoms with Gasteiger partial charge in [-0.15, -0.1) is 0 Å². The van der Waals surface area contributed by atoms with Crippen LogP contribution in [0, 0.1) is 0 Å². The maximum absolute atomic E-state index is 11.1. The number of benzene rings is 1. The highest BCUT2D eigenvalue weighted by atomic mass is 16.4. The molecule has 0 fully saturated rings. The fourth-order valence-electron chi connectivity index (χ4n) is 1.61. The van der Waals surface area contributed by atoms with Crippen LogP contribution in [-0.2, 0) is 22.6 Å². The summed E-state index contributed by atoms with van der Waals surface area (Å²) in [6, 6.07) is 7.88. The number of carboxylic acid groups (broad SMARTS) is 1. The molecule has 1 amide bonds. The summed E-state index contributed by atoms with van der Waals surface area (Å²) in [4.78, 5) is 22.8. The zero-order valence-corrected chi connectivity index (χ0v) is 10.1. The van der Waals surface area contributed by atoms with E-state index in [2.05, 4.69) is 6.92 Å². The Morgan fingerprint density at radius 2 is 1.71 bits per heavy atom. The molecule has 1 N–H and O–H groups in total. The summed E-state index contributed by atoms with van der Waals surface area (Å²) < 4.78 is 0. The maximum Gasteiger partial charge on any atom is 0.394 e. The van der Waals surface area contributed by atoms with Crippen LogP contribution in [0.5, 0.6) is 0 Å². The van der Waals surface area contributed by atoms with Gasteiger partial charge in [-0.25, -0.2) is 4.79 Å². The first kappa shape index (κ1) is 13.2. The van der Waals surface area contributed by atoms with E-state index in [0.29, 0.717) is 6.54 Å². The van der Waals surface area contributed by atoms with Crippen LogP contribution in [0.2, 0.25) is 0 Å². The molecule has 1 aromatic carbocycles. The number of aryl methyl sites for hydroxylation is 1. The minimum atomic E-state index is -1.42. The quantitative estimate of drug-likeness (QED) is 0.808. The van der Waals surface area contributed by atoms with Crippen molar-refractivity contribution in [1.29, 1.82) is 0 Å². The van der Waals surface area contributed by atoms with Crippen molar-refractivity contribution in [1.82, 2.24) is 4.90 Å². The highest BCUT2D eigenvalue weighted by molar-refractivity contribution is 6.31. The molecule has 4 nitrogen and oxygen atoms in total. The molecule has 0 atom stereocenters. The molecule has 0 aliphatic heterocycles. The predicted octanol–water partition coefficient (Wildman–Crippen LogP) is 1.68. The number of rotatable bonds is 4. The topological polar surface area (TPSA) is 57.6 Å². The van der Waals surface area contributed by atoms with Crippen LogP contribution in [0.1, 0.15) is 24.5 Å². The molecule has 92 valence electrons. The van der Waals surface area contributed by atoms with Crippen LogP contribution in [0.15, 0.2) is 24.3 Å². The molecule has 0 aliphatic carbocycles. The molecule has 0 aliphatic rings. The second kappa shape index (κ2) is 6.03. The van der Waals surface area contributed by atoms with Crippen molar-refractivity contribution in [2.45, 2.75) is 26.3 Å². The van der Waals surface area contributed by atoms with Crippen molar-refractivity contribution in [3.05, 3.63) is 35.4 Å². The smallest absolute Gasteiger partial charge is 0.394 e. The first-order valence-corrected chi connectivity index (χ1v) is 5.60. The summed E-state index contributed by atoms with van der Waals surface area (Å²) in [6.45, 7) is 2.44. The zero-order chi connectivity index (χ0) is 12.8. The van der Waals surface area contributed by atoms with Gasteiger partial charge in [0.05, 0.1) is 0 Å². The van der Waals surface area contributed by atoms with Crippen LogP contribution in [0.3, 0.4) is 0 Å². The number of likely N-dealkylation sites (N-methyl/N-ethyl adjacent to an activating group) is 1. The summed E-state index contributed by atoms with van der Waals surface area (Å²) in [6.07, 6.45) is 2.13. The zero-order valence-electron chi connectivity index (χ0n) is 10.1. The Bertz CT molecular complexity index is 398. The first-order chi connectivity index (χ1) is 8.04. The van der Waals surface area contributed by atoms with Gasteiger partial charge in [0.2, 0.25) is 0 Å². The minimum Gasteiger partial charge on any atom is -0.474 e. The lowest BCUT2D eigenvalue weighted by Crippen LogP contribution is -2.32. The van der Waals surface area contributed by atoms with Crippen molar-refractivity contribution in [2.75, 3.05) is 7.05 Å². The van der Waals surface area contributed by atoms with Gasteiger partial charge in [-0.1, -0.05) is 37.6 Å². The van der Waals surface area contributed by atoms with Crippen molar-refractivity contribution >= 4 is 11.9 Å². The number of nitrogens with zero attached hydrogens (tertiary/aromatic N) is 1. The number of carbonyl (C=O) groups is 2. The summed E-state index contributed by atoms with van der Waals surface area (Å²) in [5.74, 6) is -2.31. The average Bonchev–Trinajstić information content (AvgIpc) is 2.30. The lowest BCUT2D eigenvalue weighted by Gasteiger charge is -2.14. The Hall–Kier alpha value is -1.84. The number of amides is 1. The standard InChI is InChI=1S/C13H17NO3/c1-3-4-10-5-7-11(8-6-10)9-14(2)12(15)13(16)17/h5-8H,3-4,9H2,1-2H3,(H,16,17). The van der Waals surface area contributed by atoms with E-state index in [1.807, 2.05) is 24.3 Å². The molecule has 0 heterocycles. The lowest BCUT2D eigenvalue weighted by atomic mass is 10.1. The van der Waals surface area contributed by atoms with Gasteiger partial charge in [-0.05, 0) is 17.5 Å². The van der Waals surface area contributed by atoms with Gasteiger partial charge in [0, 0.05) is 13.6 Å². The summed E-state index contributed by atoms with van der Waals surface area (Å²) in [7, 11) is 1.48. The molecule has 1 rings (SSSR count). The van der Waals surface area contributed by atoms with E-state index in [-0.39, 0.29) is 0 Å². The number of hydrogen-bond acceptors (Lipinski definition) is 2. The van der Waals surface area contributed by atoms with Crippen LogP contribution < -0.4 is 0 Å². The summed E-state index contributed by atoms with van der Waals surface area (Å²) >= 11 is 0. The number of hydrogen-bond donors (Lipinski definition) is 1. The number of carbonyl (C=O) groups excluding carboxylic acids is 1.